The fourth-order valence-electron chi connectivity index (χ4n) is 1.32. The first-order valence-electron chi connectivity index (χ1n) is 4.91. The molecule has 1 N–H and O–H groups in total. The van der Waals surface area contributed by atoms with Gasteiger partial charge in [0.05, 0.1) is 0 Å². The van der Waals surface area contributed by atoms with Crippen LogP contribution in [0.4, 0.5) is 0 Å². The van der Waals surface area contributed by atoms with Gasteiger partial charge in [-0.15, -0.1) is 12.3 Å². The Bertz CT molecular complexity index is 158. The van der Waals surface area contributed by atoms with Gasteiger partial charge in [-0.2, -0.15) is 0 Å². The van der Waals surface area contributed by atoms with E-state index in [2.05, 4.69) is 5.92 Å². The van der Waals surface area contributed by atoms with Gasteiger partial charge >= 0.3 is 0 Å². The Morgan fingerprint density at radius 1 is 1.21 bits per heavy atom. The highest BCUT2D eigenvalue weighted by Gasteiger charge is 2.10. The molecule has 0 aromatic heterocycles. The summed E-state index contributed by atoms with van der Waals surface area (Å²) in [4.78, 5) is 0. The number of ether oxygens (including phenoxy) is 2. The van der Waals surface area contributed by atoms with Gasteiger partial charge in [-0.1, -0.05) is 0 Å². The van der Waals surface area contributed by atoms with E-state index in [1.54, 1.807) is 14.2 Å². The van der Waals surface area contributed by atoms with Crippen molar-refractivity contribution in [3.63, 3.8) is 0 Å². The molecule has 0 fully saturated rings. The number of methoxy groups -OCH3 is 2. The van der Waals surface area contributed by atoms with Crippen molar-refractivity contribution in [3.8, 4) is 12.3 Å². The first-order chi connectivity index (χ1) is 6.78. The standard InChI is InChI=1S/C11H20O3/c1-4-10(6-5-9-12)7-8-11(13-2)14-3/h1,10-12H,5-9H2,2-3H3. The van der Waals surface area contributed by atoms with Crippen LogP contribution in [0.25, 0.3) is 0 Å². The summed E-state index contributed by atoms with van der Waals surface area (Å²) in [6.45, 7) is 0.205. The van der Waals surface area contributed by atoms with Crippen LogP contribution in [0.2, 0.25) is 0 Å². The fourth-order valence-corrected chi connectivity index (χ4v) is 1.32. The Labute approximate surface area is 86.4 Å². The van der Waals surface area contributed by atoms with Crippen LogP contribution in [-0.2, 0) is 9.47 Å². The molecule has 3 nitrogen and oxygen atoms in total. The van der Waals surface area contributed by atoms with Crippen molar-refractivity contribution in [1.29, 1.82) is 0 Å². The molecule has 0 aliphatic heterocycles. The van der Waals surface area contributed by atoms with Crippen LogP contribution in [0, 0.1) is 18.3 Å². The predicted molar refractivity (Wildman–Crippen MR) is 55.7 cm³/mol. The van der Waals surface area contributed by atoms with Crippen LogP contribution in [0.5, 0.6) is 0 Å². The number of hydrogen-bond donors (Lipinski definition) is 1. The van der Waals surface area contributed by atoms with Crippen molar-refractivity contribution in [1.82, 2.24) is 0 Å². The zero-order valence-corrected chi connectivity index (χ0v) is 9.03. The lowest BCUT2D eigenvalue weighted by Crippen LogP contribution is -2.14. The van der Waals surface area contributed by atoms with Gasteiger partial charge < -0.3 is 14.6 Å². The molecule has 0 bridgehead atoms. The summed E-state index contributed by atoms with van der Waals surface area (Å²) in [7, 11) is 3.24. The Balaban J connectivity index is 3.66. The highest BCUT2D eigenvalue weighted by molar-refractivity contribution is 4.92. The van der Waals surface area contributed by atoms with Crippen LogP contribution in [0.1, 0.15) is 25.7 Å². The molecule has 82 valence electrons. The van der Waals surface area contributed by atoms with Gasteiger partial charge in [0.25, 0.3) is 0 Å². The molecular weight excluding hydrogens is 180 g/mol. The third-order valence-corrected chi connectivity index (χ3v) is 2.22. The van der Waals surface area contributed by atoms with Gasteiger partial charge in [0, 0.05) is 26.7 Å². The van der Waals surface area contributed by atoms with Crippen LogP contribution < -0.4 is 0 Å². The Morgan fingerprint density at radius 2 is 1.86 bits per heavy atom. The maximum absolute atomic E-state index is 8.66. The second-order valence-electron chi connectivity index (χ2n) is 3.21. The molecule has 0 saturated carbocycles. The molecule has 0 aromatic carbocycles. The van der Waals surface area contributed by atoms with Crippen molar-refractivity contribution in [2.75, 3.05) is 20.8 Å². The predicted octanol–water partition coefficient (Wildman–Crippen LogP) is 1.41. The summed E-state index contributed by atoms with van der Waals surface area (Å²) >= 11 is 0. The number of terminal acetylenes is 1. The first kappa shape index (κ1) is 13.4. The minimum atomic E-state index is -0.167. The molecule has 14 heavy (non-hydrogen) atoms. The van der Waals surface area contributed by atoms with Gasteiger partial charge in [0.1, 0.15) is 0 Å². The van der Waals surface area contributed by atoms with E-state index >= 15 is 0 Å². The van der Waals surface area contributed by atoms with Gasteiger partial charge in [-0.05, 0) is 25.7 Å². The average molecular weight is 200 g/mol. The highest BCUT2D eigenvalue weighted by atomic mass is 16.7. The monoisotopic (exact) mass is 200 g/mol. The maximum atomic E-state index is 8.66. The lowest BCUT2D eigenvalue weighted by molar-refractivity contribution is -0.108. The van der Waals surface area contributed by atoms with E-state index < -0.39 is 0 Å². The minimum Gasteiger partial charge on any atom is -0.396 e. The minimum absolute atomic E-state index is 0.167. The van der Waals surface area contributed by atoms with Crippen molar-refractivity contribution in [2.24, 2.45) is 5.92 Å². The number of hydrogen-bond acceptors (Lipinski definition) is 3. The van der Waals surface area contributed by atoms with Crippen LogP contribution in [0.15, 0.2) is 0 Å². The lowest BCUT2D eigenvalue weighted by atomic mass is 9.98. The number of aliphatic hydroxyl groups excluding tert-OH is 1. The van der Waals surface area contributed by atoms with Crippen molar-refractivity contribution >= 4 is 0 Å². The number of aliphatic hydroxyl groups is 1. The Hall–Kier alpha value is -0.560. The third kappa shape index (κ3) is 5.98. The van der Waals surface area contributed by atoms with Crippen LogP contribution in [-0.4, -0.2) is 32.2 Å². The molecule has 0 amide bonds. The normalized spacial score (nSPS) is 12.8. The molecule has 0 aliphatic rings. The molecule has 0 aromatic rings. The summed E-state index contributed by atoms with van der Waals surface area (Å²) in [6.07, 6.45) is 8.51. The van der Waals surface area contributed by atoms with Crippen LogP contribution >= 0.6 is 0 Å². The topological polar surface area (TPSA) is 38.7 Å². The van der Waals surface area contributed by atoms with Crippen LogP contribution in [0.3, 0.4) is 0 Å². The van der Waals surface area contributed by atoms with Gasteiger partial charge in [0.2, 0.25) is 0 Å². The molecule has 0 radical (unpaired) electrons. The van der Waals surface area contributed by atoms with Crippen molar-refractivity contribution in [2.45, 2.75) is 32.0 Å². The van der Waals surface area contributed by atoms with Gasteiger partial charge in [0.15, 0.2) is 6.29 Å². The third-order valence-electron chi connectivity index (χ3n) is 2.22. The van der Waals surface area contributed by atoms with Crippen molar-refractivity contribution in [3.05, 3.63) is 0 Å². The Morgan fingerprint density at radius 3 is 2.29 bits per heavy atom. The molecule has 3 heteroatoms. The SMILES string of the molecule is C#CC(CCCO)CCC(OC)OC. The molecule has 0 aliphatic carbocycles. The van der Waals surface area contributed by atoms with E-state index in [0.717, 1.165) is 25.7 Å². The average Bonchev–Trinajstić information content (AvgIpc) is 2.23. The molecule has 0 heterocycles. The zero-order valence-electron chi connectivity index (χ0n) is 9.03. The van der Waals surface area contributed by atoms with E-state index in [0.29, 0.717) is 0 Å². The Kier molecular flexibility index (Phi) is 8.65. The lowest BCUT2D eigenvalue weighted by Gasteiger charge is -2.15. The summed E-state index contributed by atoms with van der Waals surface area (Å²) in [6, 6.07) is 0. The molecule has 0 rings (SSSR count). The van der Waals surface area contributed by atoms with Gasteiger partial charge in [-0.25, -0.2) is 0 Å². The van der Waals surface area contributed by atoms with E-state index in [1.165, 1.54) is 0 Å². The van der Waals surface area contributed by atoms with Crippen molar-refractivity contribution < 1.29 is 14.6 Å². The molecule has 1 atom stereocenters. The number of rotatable bonds is 8. The van der Waals surface area contributed by atoms with E-state index in [9.17, 15) is 0 Å². The van der Waals surface area contributed by atoms with Gasteiger partial charge in [-0.3, -0.25) is 0 Å². The highest BCUT2D eigenvalue weighted by Crippen LogP contribution is 2.15. The van der Waals surface area contributed by atoms with E-state index in [4.69, 9.17) is 21.0 Å². The smallest absolute Gasteiger partial charge is 0.156 e. The fraction of sp³-hybridized carbons (Fsp3) is 0.818. The summed E-state index contributed by atoms with van der Waals surface area (Å²) < 4.78 is 10.1. The molecular formula is C11H20O3. The summed E-state index contributed by atoms with van der Waals surface area (Å²) in [5.41, 5.74) is 0. The molecule has 0 saturated heterocycles. The first-order valence-corrected chi connectivity index (χ1v) is 4.91. The van der Waals surface area contributed by atoms with E-state index in [-0.39, 0.29) is 18.8 Å². The largest absolute Gasteiger partial charge is 0.396 e. The molecule has 1 unspecified atom stereocenters. The second kappa shape index (κ2) is 9.01. The summed E-state index contributed by atoms with van der Waals surface area (Å²) in [5.74, 6) is 2.94. The second-order valence-corrected chi connectivity index (χ2v) is 3.21. The quantitative estimate of drug-likeness (QED) is 0.475. The zero-order chi connectivity index (χ0) is 10.8. The molecule has 0 spiro atoms. The summed E-state index contributed by atoms with van der Waals surface area (Å²) in [5, 5.41) is 8.66. The maximum Gasteiger partial charge on any atom is 0.156 e. The van der Waals surface area contributed by atoms with E-state index in [1.807, 2.05) is 0 Å².